The van der Waals surface area contributed by atoms with Gasteiger partial charge in [-0.1, -0.05) is 33.1 Å². The zero-order valence-corrected chi connectivity index (χ0v) is 11.3. The Balaban J connectivity index is 2.75. The smallest absolute Gasteiger partial charge is 0.304 e. The fourth-order valence-corrected chi connectivity index (χ4v) is 2.64. The highest BCUT2D eigenvalue weighted by Gasteiger charge is 2.48. The van der Waals surface area contributed by atoms with E-state index in [1.165, 1.54) is 0 Å². The van der Waals surface area contributed by atoms with Crippen LogP contribution in [0.4, 0.5) is 0 Å². The first-order chi connectivity index (χ1) is 8.23. The van der Waals surface area contributed by atoms with E-state index in [0.717, 1.165) is 0 Å². The molecule has 2 N–H and O–H groups in total. The largest absolute Gasteiger partial charge is 0.481 e. The minimum absolute atomic E-state index is 0.136. The summed E-state index contributed by atoms with van der Waals surface area (Å²) in [6, 6.07) is 0. The minimum Gasteiger partial charge on any atom is -0.481 e. The van der Waals surface area contributed by atoms with Gasteiger partial charge in [-0.15, -0.1) is 0 Å². The summed E-state index contributed by atoms with van der Waals surface area (Å²) < 4.78 is 0. The molecule has 0 radical (unpaired) electrons. The number of likely N-dealkylation sites (tertiary alicyclic amines) is 1. The lowest BCUT2D eigenvalue weighted by Crippen LogP contribution is -2.58. The zero-order valence-electron chi connectivity index (χ0n) is 11.3. The molecule has 1 atom stereocenters. The minimum atomic E-state index is -0.950. The van der Waals surface area contributed by atoms with Crippen molar-refractivity contribution in [3.05, 3.63) is 24.8 Å². The van der Waals surface area contributed by atoms with Gasteiger partial charge in [-0.05, 0) is 12.0 Å². The van der Waals surface area contributed by atoms with Crippen molar-refractivity contribution in [3.63, 3.8) is 0 Å². The number of carbonyl (C=O) groups is 1. The molecule has 0 bridgehead atoms. The fourth-order valence-electron chi connectivity index (χ4n) is 2.64. The van der Waals surface area contributed by atoms with Gasteiger partial charge in [-0.3, -0.25) is 4.79 Å². The van der Waals surface area contributed by atoms with Gasteiger partial charge in [0.25, 0.3) is 0 Å². The van der Waals surface area contributed by atoms with Crippen LogP contribution in [0.2, 0.25) is 0 Å². The molecule has 102 valence electrons. The maximum atomic E-state index is 10.7. The van der Waals surface area contributed by atoms with E-state index < -0.39 is 11.6 Å². The van der Waals surface area contributed by atoms with E-state index in [0.29, 0.717) is 31.6 Å². The van der Waals surface area contributed by atoms with E-state index >= 15 is 0 Å². The van der Waals surface area contributed by atoms with E-state index in [-0.39, 0.29) is 11.8 Å². The lowest BCUT2D eigenvalue weighted by Gasteiger charge is -2.50. The van der Waals surface area contributed by atoms with E-state index in [1.54, 1.807) is 6.08 Å². The highest BCUT2D eigenvalue weighted by molar-refractivity contribution is 5.66. The summed E-state index contributed by atoms with van der Waals surface area (Å²) in [6.07, 6.45) is 2.30. The monoisotopic (exact) mass is 253 g/mol. The molecule has 0 spiro atoms. The Bertz CT molecular complexity index is 362. The zero-order chi connectivity index (χ0) is 14.0. The number of rotatable bonds is 5. The van der Waals surface area contributed by atoms with Crippen LogP contribution in [0.25, 0.3) is 0 Å². The Hall–Kier alpha value is -1.13. The molecular formula is C14H23NO3. The van der Waals surface area contributed by atoms with Crippen LogP contribution in [-0.2, 0) is 4.79 Å². The quantitative estimate of drug-likeness (QED) is 0.732. The first kappa shape index (κ1) is 14.9. The molecular weight excluding hydrogens is 230 g/mol. The first-order valence-electron chi connectivity index (χ1n) is 6.21. The van der Waals surface area contributed by atoms with Crippen molar-refractivity contribution in [2.75, 3.05) is 19.6 Å². The third-order valence-electron chi connectivity index (χ3n) is 3.95. The van der Waals surface area contributed by atoms with Crippen molar-refractivity contribution in [1.82, 2.24) is 4.90 Å². The van der Waals surface area contributed by atoms with E-state index in [2.05, 4.69) is 18.1 Å². The van der Waals surface area contributed by atoms with Crippen LogP contribution in [0.5, 0.6) is 0 Å². The number of carboxylic acid groups (broad SMARTS) is 1. The molecule has 1 aliphatic rings. The van der Waals surface area contributed by atoms with Crippen LogP contribution < -0.4 is 0 Å². The van der Waals surface area contributed by atoms with E-state index in [1.807, 2.05) is 13.8 Å². The van der Waals surface area contributed by atoms with Crippen LogP contribution in [0.3, 0.4) is 0 Å². The van der Waals surface area contributed by atoms with Crippen molar-refractivity contribution >= 4 is 5.97 Å². The molecule has 18 heavy (non-hydrogen) atoms. The molecule has 1 heterocycles. The fraction of sp³-hybridized carbons (Fsp3) is 0.643. The van der Waals surface area contributed by atoms with Gasteiger partial charge in [0.2, 0.25) is 0 Å². The molecule has 4 nitrogen and oxygen atoms in total. The number of hydrogen-bond acceptors (Lipinski definition) is 3. The third-order valence-corrected chi connectivity index (χ3v) is 3.95. The van der Waals surface area contributed by atoms with Crippen LogP contribution in [-0.4, -0.2) is 46.3 Å². The molecule has 0 aliphatic carbocycles. The van der Waals surface area contributed by atoms with Crippen LogP contribution in [0, 0.1) is 5.41 Å². The molecule has 1 saturated heterocycles. The van der Waals surface area contributed by atoms with Gasteiger partial charge >= 0.3 is 5.97 Å². The summed E-state index contributed by atoms with van der Waals surface area (Å²) in [7, 11) is 0. The highest BCUT2D eigenvalue weighted by Crippen LogP contribution is 2.43. The van der Waals surface area contributed by atoms with Crippen molar-refractivity contribution in [2.24, 2.45) is 5.41 Å². The van der Waals surface area contributed by atoms with Crippen LogP contribution in [0.15, 0.2) is 24.8 Å². The lowest BCUT2D eigenvalue weighted by atomic mass is 9.66. The molecule has 1 rings (SSSR count). The molecule has 1 unspecified atom stereocenters. The Morgan fingerprint density at radius 2 is 2.11 bits per heavy atom. The second-order valence-electron chi connectivity index (χ2n) is 5.64. The second kappa shape index (κ2) is 5.24. The normalized spacial score (nSPS) is 27.7. The summed E-state index contributed by atoms with van der Waals surface area (Å²) in [4.78, 5) is 12.7. The summed E-state index contributed by atoms with van der Waals surface area (Å²) in [6.45, 7) is 13.4. The first-order valence-corrected chi connectivity index (χ1v) is 6.21. The SMILES string of the molecule is C=CC(=C)C1(O)CCN(CCC(=O)O)CC1(C)C. The van der Waals surface area contributed by atoms with E-state index in [9.17, 15) is 9.90 Å². The van der Waals surface area contributed by atoms with Crippen molar-refractivity contribution in [1.29, 1.82) is 0 Å². The molecule has 0 aromatic heterocycles. The summed E-state index contributed by atoms with van der Waals surface area (Å²) >= 11 is 0. The Labute approximate surface area is 109 Å². The Morgan fingerprint density at radius 3 is 2.56 bits per heavy atom. The molecule has 0 saturated carbocycles. The van der Waals surface area contributed by atoms with E-state index in [4.69, 9.17) is 5.11 Å². The molecule has 0 aromatic carbocycles. The summed E-state index contributed by atoms with van der Waals surface area (Å²) in [5.41, 5.74) is -0.672. The third kappa shape index (κ3) is 2.82. The number of piperidine rings is 1. The van der Waals surface area contributed by atoms with Gasteiger partial charge in [-0.2, -0.15) is 0 Å². The number of aliphatic carboxylic acids is 1. The predicted octanol–water partition coefficient (Wildman–Crippen LogP) is 1.67. The lowest BCUT2D eigenvalue weighted by molar-refractivity contribution is -0.138. The Morgan fingerprint density at radius 1 is 1.50 bits per heavy atom. The molecule has 4 heteroatoms. The van der Waals surface area contributed by atoms with Crippen molar-refractivity contribution < 1.29 is 15.0 Å². The van der Waals surface area contributed by atoms with Gasteiger partial charge in [0, 0.05) is 25.0 Å². The van der Waals surface area contributed by atoms with Gasteiger partial charge in [0.05, 0.1) is 12.0 Å². The number of aliphatic hydroxyl groups is 1. The number of nitrogens with zero attached hydrogens (tertiary/aromatic N) is 1. The van der Waals surface area contributed by atoms with Crippen LogP contribution in [0.1, 0.15) is 26.7 Å². The molecule has 0 aromatic rings. The summed E-state index contributed by atoms with van der Waals surface area (Å²) in [5, 5.41) is 19.4. The molecule has 1 aliphatic heterocycles. The second-order valence-corrected chi connectivity index (χ2v) is 5.64. The summed E-state index contributed by atoms with van der Waals surface area (Å²) in [5.74, 6) is -0.788. The average molecular weight is 253 g/mol. The van der Waals surface area contributed by atoms with Crippen molar-refractivity contribution in [3.8, 4) is 0 Å². The highest BCUT2D eigenvalue weighted by atomic mass is 16.4. The van der Waals surface area contributed by atoms with Gasteiger partial charge in [0.15, 0.2) is 0 Å². The van der Waals surface area contributed by atoms with Gasteiger partial charge < -0.3 is 15.1 Å². The average Bonchev–Trinajstić information content (AvgIpc) is 2.29. The molecule has 1 fully saturated rings. The molecule has 0 amide bonds. The topological polar surface area (TPSA) is 60.8 Å². The Kier molecular flexibility index (Phi) is 4.35. The standard InChI is InChI=1S/C14H23NO3/c1-5-11(2)14(18)7-9-15(8-6-12(16)17)10-13(14,3)4/h5,18H,1-2,6-10H2,3-4H3,(H,16,17). The maximum Gasteiger partial charge on any atom is 0.304 e. The van der Waals surface area contributed by atoms with Gasteiger partial charge in [-0.25, -0.2) is 0 Å². The maximum absolute atomic E-state index is 10.7. The van der Waals surface area contributed by atoms with Crippen molar-refractivity contribution in [2.45, 2.75) is 32.3 Å². The number of hydrogen-bond donors (Lipinski definition) is 2. The predicted molar refractivity (Wildman–Crippen MR) is 71.4 cm³/mol. The number of carboxylic acids is 1. The van der Waals surface area contributed by atoms with Gasteiger partial charge in [0.1, 0.15) is 0 Å². The van der Waals surface area contributed by atoms with Crippen LogP contribution >= 0.6 is 0 Å².